The van der Waals surface area contributed by atoms with E-state index in [0.717, 1.165) is 6.42 Å². The molecule has 0 aromatic carbocycles. The predicted molar refractivity (Wildman–Crippen MR) is 50.4 cm³/mol. The summed E-state index contributed by atoms with van der Waals surface area (Å²) in [5.41, 5.74) is 0. The molecule has 0 aliphatic carbocycles. The van der Waals surface area contributed by atoms with Crippen molar-refractivity contribution < 1.29 is 0 Å². The molecule has 0 aliphatic heterocycles. The molecule has 0 aliphatic rings. The molecule has 0 heterocycles. The fraction of sp³-hybridized carbons (Fsp3) is 0.625. The zero-order chi connectivity index (χ0) is 7.98. The molecule has 1 nitrogen and oxygen atoms in total. The first kappa shape index (κ1) is 9.76. The molecule has 0 saturated carbocycles. The Balaban J connectivity index is 3.96. The maximum atomic E-state index is 3.77. The van der Waals surface area contributed by atoms with E-state index >= 15 is 0 Å². The molecule has 0 unspecified atom stereocenters. The molecule has 0 radical (unpaired) electrons. The maximum absolute atomic E-state index is 3.77. The van der Waals surface area contributed by atoms with E-state index in [-0.39, 0.29) is 0 Å². The van der Waals surface area contributed by atoms with Crippen LogP contribution in [0.4, 0.5) is 0 Å². The van der Waals surface area contributed by atoms with Gasteiger partial charge in [-0.1, -0.05) is 26.8 Å². The van der Waals surface area contributed by atoms with Crippen LogP contribution in [0.15, 0.2) is 15.4 Å². The molecule has 0 fully saturated rings. The largest absolute Gasteiger partial charge is 0.228 e. The second-order valence-electron chi connectivity index (χ2n) is 2.39. The Morgan fingerprint density at radius 3 is 2.60 bits per heavy atom. The van der Waals surface area contributed by atoms with Crippen molar-refractivity contribution in [1.82, 2.24) is 0 Å². The highest BCUT2D eigenvalue weighted by Gasteiger charge is 2.00. The van der Waals surface area contributed by atoms with Crippen LogP contribution in [0, 0.1) is 5.92 Å². The summed E-state index contributed by atoms with van der Waals surface area (Å²) in [6, 6.07) is 0. The Labute approximate surface area is 67.8 Å². The Kier molecular flexibility index (Phi) is 5.40. The van der Waals surface area contributed by atoms with Crippen molar-refractivity contribution >= 4 is 18.7 Å². The Hall–Kier alpha value is -0.240. The molecule has 0 aromatic rings. The van der Waals surface area contributed by atoms with E-state index in [1.165, 1.54) is 16.9 Å². The minimum absolute atomic E-state index is 0.579. The molecule has 2 heteroatoms. The molecule has 0 aromatic heterocycles. The smallest absolute Gasteiger partial charge is 0.00658 e. The highest BCUT2D eigenvalue weighted by molar-refractivity contribution is 8.01. The SMILES string of the molecule is C=NS/C(=C\CC)C(C)C. The third kappa shape index (κ3) is 3.72. The molecule has 0 saturated heterocycles. The molecule has 0 N–H and O–H groups in total. The van der Waals surface area contributed by atoms with Crippen LogP contribution >= 0.6 is 11.9 Å². The summed E-state index contributed by atoms with van der Waals surface area (Å²) in [6.45, 7) is 9.90. The van der Waals surface area contributed by atoms with E-state index in [2.05, 4.69) is 38.0 Å². The van der Waals surface area contributed by atoms with Gasteiger partial charge in [0.05, 0.1) is 0 Å². The second-order valence-corrected chi connectivity index (χ2v) is 3.30. The summed E-state index contributed by atoms with van der Waals surface area (Å²) < 4.78 is 3.77. The normalized spacial score (nSPS) is 12.2. The standard InChI is InChI=1S/C8H15NS/c1-5-6-8(7(2)3)10-9-4/h6-7H,4-5H2,1-3H3/b8-6-. The number of allylic oxidation sites excluding steroid dienone is 2. The lowest BCUT2D eigenvalue weighted by Gasteiger charge is -2.05. The van der Waals surface area contributed by atoms with E-state index in [0.29, 0.717) is 5.92 Å². The summed E-state index contributed by atoms with van der Waals surface area (Å²) in [7, 11) is 0. The highest BCUT2D eigenvalue weighted by atomic mass is 32.2. The molecule has 0 atom stereocenters. The van der Waals surface area contributed by atoms with Crippen LogP contribution in [-0.2, 0) is 0 Å². The predicted octanol–water partition coefficient (Wildman–Crippen LogP) is 3.29. The van der Waals surface area contributed by atoms with Crippen molar-refractivity contribution in [1.29, 1.82) is 0 Å². The van der Waals surface area contributed by atoms with Crippen LogP contribution in [0.2, 0.25) is 0 Å². The zero-order valence-electron chi connectivity index (χ0n) is 6.92. The Morgan fingerprint density at radius 1 is 1.70 bits per heavy atom. The van der Waals surface area contributed by atoms with Crippen LogP contribution in [0.3, 0.4) is 0 Å². The molecule has 10 heavy (non-hydrogen) atoms. The van der Waals surface area contributed by atoms with Crippen molar-refractivity contribution in [2.75, 3.05) is 0 Å². The van der Waals surface area contributed by atoms with E-state index in [1.807, 2.05) is 0 Å². The van der Waals surface area contributed by atoms with E-state index < -0.39 is 0 Å². The van der Waals surface area contributed by atoms with Gasteiger partial charge < -0.3 is 0 Å². The summed E-state index contributed by atoms with van der Waals surface area (Å²) in [6.07, 6.45) is 3.28. The zero-order valence-corrected chi connectivity index (χ0v) is 7.74. The van der Waals surface area contributed by atoms with Crippen LogP contribution < -0.4 is 0 Å². The number of nitrogens with zero attached hydrogens (tertiary/aromatic N) is 1. The molecule has 0 amide bonds. The van der Waals surface area contributed by atoms with Crippen molar-refractivity contribution in [2.24, 2.45) is 10.3 Å². The molecule has 0 spiro atoms. The van der Waals surface area contributed by atoms with Crippen molar-refractivity contribution in [3.8, 4) is 0 Å². The van der Waals surface area contributed by atoms with Gasteiger partial charge in [-0.25, -0.2) is 4.40 Å². The first-order valence-corrected chi connectivity index (χ1v) is 4.32. The Bertz CT molecular complexity index is 127. The van der Waals surface area contributed by atoms with Gasteiger partial charge in [0.25, 0.3) is 0 Å². The summed E-state index contributed by atoms with van der Waals surface area (Å²) >= 11 is 1.48. The molecular weight excluding hydrogens is 142 g/mol. The number of hydrogen-bond acceptors (Lipinski definition) is 2. The van der Waals surface area contributed by atoms with Gasteiger partial charge in [0.15, 0.2) is 0 Å². The summed E-state index contributed by atoms with van der Waals surface area (Å²) in [5, 5.41) is 0. The fourth-order valence-corrected chi connectivity index (χ4v) is 1.26. The monoisotopic (exact) mass is 157 g/mol. The van der Waals surface area contributed by atoms with E-state index in [1.54, 1.807) is 0 Å². The first-order chi connectivity index (χ1) is 4.72. The van der Waals surface area contributed by atoms with Gasteiger partial charge in [-0.2, -0.15) is 0 Å². The van der Waals surface area contributed by atoms with Crippen molar-refractivity contribution in [3.05, 3.63) is 11.0 Å². The quantitative estimate of drug-likeness (QED) is 0.450. The van der Waals surface area contributed by atoms with Gasteiger partial charge in [-0.3, -0.25) is 0 Å². The van der Waals surface area contributed by atoms with E-state index in [9.17, 15) is 0 Å². The van der Waals surface area contributed by atoms with Gasteiger partial charge in [0.1, 0.15) is 0 Å². The molecule has 58 valence electrons. The van der Waals surface area contributed by atoms with Crippen LogP contribution in [0.25, 0.3) is 0 Å². The van der Waals surface area contributed by atoms with Crippen molar-refractivity contribution in [2.45, 2.75) is 27.2 Å². The Morgan fingerprint density at radius 2 is 2.30 bits per heavy atom. The summed E-state index contributed by atoms with van der Waals surface area (Å²) in [4.78, 5) is 1.32. The van der Waals surface area contributed by atoms with Crippen molar-refractivity contribution in [3.63, 3.8) is 0 Å². The molecule has 0 bridgehead atoms. The topological polar surface area (TPSA) is 12.4 Å². The number of hydrogen-bond donors (Lipinski definition) is 0. The van der Waals surface area contributed by atoms with Gasteiger partial charge in [0, 0.05) is 16.9 Å². The molecule has 0 rings (SSSR count). The van der Waals surface area contributed by atoms with Gasteiger partial charge in [-0.05, 0) is 19.1 Å². The first-order valence-electron chi connectivity index (χ1n) is 3.55. The minimum Gasteiger partial charge on any atom is -0.228 e. The second kappa shape index (κ2) is 5.54. The van der Waals surface area contributed by atoms with Gasteiger partial charge in [0.2, 0.25) is 0 Å². The van der Waals surface area contributed by atoms with Crippen LogP contribution in [-0.4, -0.2) is 6.72 Å². The van der Waals surface area contributed by atoms with E-state index in [4.69, 9.17) is 0 Å². The lowest BCUT2D eigenvalue weighted by atomic mass is 10.2. The maximum Gasteiger partial charge on any atom is 0.00658 e. The lowest BCUT2D eigenvalue weighted by Crippen LogP contribution is -1.87. The lowest BCUT2D eigenvalue weighted by molar-refractivity contribution is 0.811. The van der Waals surface area contributed by atoms with Crippen LogP contribution in [0.1, 0.15) is 27.2 Å². The number of rotatable bonds is 4. The average Bonchev–Trinajstić information content (AvgIpc) is 1.87. The fourth-order valence-electron chi connectivity index (χ4n) is 0.654. The minimum atomic E-state index is 0.579. The third-order valence-electron chi connectivity index (χ3n) is 1.14. The summed E-state index contributed by atoms with van der Waals surface area (Å²) in [5.74, 6) is 0.579. The van der Waals surface area contributed by atoms with Gasteiger partial charge >= 0.3 is 0 Å². The highest BCUT2D eigenvalue weighted by Crippen LogP contribution is 2.24. The third-order valence-corrected chi connectivity index (χ3v) is 2.12. The van der Waals surface area contributed by atoms with Crippen LogP contribution in [0.5, 0.6) is 0 Å². The average molecular weight is 157 g/mol. The van der Waals surface area contributed by atoms with Gasteiger partial charge in [-0.15, -0.1) is 0 Å². The molecular formula is C8H15NS.